The summed E-state index contributed by atoms with van der Waals surface area (Å²) in [7, 11) is 0. The van der Waals surface area contributed by atoms with Gasteiger partial charge in [0.25, 0.3) is 0 Å². The van der Waals surface area contributed by atoms with E-state index in [1.807, 2.05) is 91.0 Å². The van der Waals surface area contributed by atoms with Gasteiger partial charge in [-0.1, -0.05) is 91.0 Å². The van der Waals surface area contributed by atoms with Gasteiger partial charge in [0.1, 0.15) is 0 Å². The lowest BCUT2D eigenvalue weighted by atomic mass is 10.0. The average Bonchev–Trinajstić information content (AvgIpc) is 3.06. The molecule has 1 heterocycles. The molecule has 8 nitrogen and oxygen atoms in total. The van der Waals surface area contributed by atoms with Crippen LogP contribution in [0.15, 0.2) is 108 Å². The van der Waals surface area contributed by atoms with Crippen molar-refractivity contribution in [3.05, 3.63) is 137 Å². The second kappa shape index (κ2) is 14.8. The number of benzene rings is 4. The molecule has 222 valence electrons. The average molecular weight is 599 g/mol. The Kier molecular flexibility index (Phi) is 10.5. The van der Waals surface area contributed by atoms with Crippen molar-refractivity contribution < 1.29 is 29.3 Å². The van der Waals surface area contributed by atoms with Gasteiger partial charge >= 0.3 is 12.0 Å². The van der Waals surface area contributed by atoms with E-state index < -0.39 is 12.3 Å². The summed E-state index contributed by atoms with van der Waals surface area (Å²) in [6.45, 7) is 0.790. The summed E-state index contributed by atoms with van der Waals surface area (Å²) < 4.78 is 12.8. The summed E-state index contributed by atoms with van der Waals surface area (Å²) in [6, 6.07) is 31.9. The lowest BCUT2D eigenvalue weighted by Crippen LogP contribution is -2.34. The van der Waals surface area contributed by atoms with Crippen LogP contribution in [0.25, 0.3) is 0 Å². The van der Waals surface area contributed by atoms with E-state index in [2.05, 4.69) is 10.6 Å². The smallest absolute Gasteiger partial charge is 0.336 e. The molecule has 0 unspecified atom stereocenters. The van der Waals surface area contributed by atoms with E-state index in [1.165, 1.54) is 11.8 Å². The lowest BCUT2D eigenvalue weighted by molar-refractivity contribution is -0.245. The first-order chi connectivity index (χ1) is 21.0. The quantitative estimate of drug-likeness (QED) is 0.152. The fourth-order valence-corrected chi connectivity index (χ4v) is 5.86. The first kappa shape index (κ1) is 30.3. The standard InChI is InChI=1S/C34H34N2O6S/c37-21-25-12-14-26(15-13-25)30-18-28(22-43-31-9-5-4-8-29(31)32(38)39)41-33(42-30)27-16-10-24(11-17-27)20-36-34(40)35-19-23-6-2-1-3-7-23/h1-17,28,30,33,37H,18-22H2,(H,38,39)(H2,35,36,40)/t28-,30+,33+/m0/s1. The van der Waals surface area contributed by atoms with Crippen LogP contribution in [0.4, 0.5) is 4.79 Å². The number of rotatable bonds is 11. The first-order valence-electron chi connectivity index (χ1n) is 14.1. The summed E-state index contributed by atoms with van der Waals surface area (Å²) in [5, 5.41) is 24.8. The monoisotopic (exact) mass is 598 g/mol. The topological polar surface area (TPSA) is 117 Å². The van der Waals surface area contributed by atoms with Gasteiger partial charge in [-0.25, -0.2) is 9.59 Å². The van der Waals surface area contributed by atoms with Gasteiger partial charge in [-0.3, -0.25) is 0 Å². The molecular formula is C34H34N2O6S. The highest BCUT2D eigenvalue weighted by atomic mass is 32.2. The Morgan fingerprint density at radius 1 is 0.744 bits per heavy atom. The number of ether oxygens (including phenoxy) is 2. The first-order valence-corrected chi connectivity index (χ1v) is 15.1. The minimum Gasteiger partial charge on any atom is -0.478 e. The van der Waals surface area contributed by atoms with Gasteiger partial charge in [0, 0.05) is 35.7 Å². The van der Waals surface area contributed by atoms with Crippen molar-refractivity contribution in [1.29, 1.82) is 0 Å². The molecule has 0 spiro atoms. The molecule has 9 heteroatoms. The highest BCUT2D eigenvalue weighted by Gasteiger charge is 2.32. The third-order valence-corrected chi connectivity index (χ3v) is 8.36. The number of hydrogen-bond donors (Lipinski definition) is 4. The van der Waals surface area contributed by atoms with E-state index in [0.717, 1.165) is 27.8 Å². The molecule has 5 rings (SSSR count). The second-order valence-corrected chi connectivity index (χ2v) is 11.3. The number of aliphatic hydroxyl groups excluding tert-OH is 1. The van der Waals surface area contributed by atoms with Crippen LogP contribution in [0, 0.1) is 0 Å². The van der Waals surface area contributed by atoms with E-state index in [9.17, 15) is 19.8 Å². The number of amides is 2. The normalized spacial score (nSPS) is 18.1. The SMILES string of the molecule is O=C(NCc1ccccc1)NCc1ccc([C@@H]2O[C@H](CSc3ccccc3C(=O)O)C[C@H](c3ccc(CO)cc3)O2)cc1. The zero-order valence-electron chi connectivity index (χ0n) is 23.5. The molecule has 0 bridgehead atoms. The predicted octanol–water partition coefficient (Wildman–Crippen LogP) is 6.21. The molecule has 1 aliphatic heterocycles. The maximum absolute atomic E-state index is 12.3. The number of carboxylic acids is 1. The fourth-order valence-electron chi connectivity index (χ4n) is 4.79. The molecule has 4 N–H and O–H groups in total. The van der Waals surface area contributed by atoms with E-state index in [0.29, 0.717) is 30.2 Å². The number of urea groups is 1. The fraction of sp³-hybridized carbons (Fsp3) is 0.235. The molecule has 1 saturated heterocycles. The molecular weight excluding hydrogens is 564 g/mol. The van der Waals surface area contributed by atoms with Crippen LogP contribution < -0.4 is 10.6 Å². The van der Waals surface area contributed by atoms with Crippen molar-refractivity contribution in [2.24, 2.45) is 0 Å². The number of thioether (sulfide) groups is 1. The highest BCUT2D eigenvalue weighted by molar-refractivity contribution is 7.99. The summed E-state index contributed by atoms with van der Waals surface area (Å²) in [4.78, 5) is 24.6. The molecule has 3 atom stereocenters. The van der Waals surface area contributed by atoms with Gasteiger partial charge in [0.05, 0.1) is 24.4 Å². The Hall–Kier alpha value is -4.15. The van der Waals surface area contributed by atoms with Crippen molar-refractivity contribution in [3.63, 3.8) is 0 Å². The number of aliphatic hydroxyl groups is 1. The zero-order valence-corrected chi connectivity index (χ0v) is 24.3. The minimum absolute atomic E-state index is 0.0321. The van der Waals surface area contributed by atoms with Gasteiger partial charge in [-0.15, -0.1) is 11.8 Å². The van der Waals surface area contributed by atoms with Crippen molar-refractivity contribution in [2.75, 3.05) is 5.75 Å². The van der Waals surface area contributed by atoms with Crippen LogP contribution in [0.3, 0.4) is 0 Å². The number of carbonyl (C=O) groups excluding carboxylic acids is 1. The van der Waals surface area contributed by atoms with E-state index in [1.54, 1.807) is 12.1 Å². The van der Waals surface area contributed by atoms with Crippen LogP contribution in [0.2, 0.25) is 0 Å². The molecule has 0 aliphatic carbocycles. The summed E-state index contributed by atoms with van der Waals surface area (Å²) in [5.41, 5.74) is 4.87. The number of carbonyl (C=O) groups is 2. The maximum atomic E-state index is 12.3. The highest BCUT2D eigenvalue weighted by Crippen LogP contribution is 2.39. The van der Waals surface area contributed by atoms with Crippen LogP contribution in [0.5, 0.6) is 0 Å². The summed E-state index contributed by atoms with van der Waals surface area (Å²) >= 11 is 1.46. The zero-order chi connectivity index (χ0) is 30.0. The molecule has 1 aliphatic rings. The molecule has 43 heavy (non-hydrogen) atoms. The van der Waals surface area contributed by atoms with E-state index >= 15 is 0 Å². The summed E-state index contributed by atoms with van der Waals surface area (Å²) in [6.07, 6.45) is -0.492. The molecule has 0 saturated carbocycles. The molecule has 0 aromatic heterocycles. The van der Waals surface area contributed by atoms with Crippen molar-refractivity contribution in [2.45, 2.75) is 49.5 Å². The van der Waals surface area contributed by atoms with Gasteiger partial charge in [0.15, 0.2) is 6.29 Å². The Labute approximate surface area is 255 Å². The Morgan fingerprint density at radius 2 is 1.35 bits per heavy atom. The van der Waals surface area contributed by atoms with E-state index in [4.69, 9.17) is 9.47 Å². The molecule has 4 aromatic rings. The lowest BCUT2D eigenvalue weighted by Gasteiger charge is -2.36. The Balaban J connectivity index is 1.24. The van der Waals surface area contributed by atoms with Crippen molar-refractivity contribution in [1.82, 2.24) is 10.6 Å². The maximum Gasteiger partial charge on any atom is 0.336 e. The Bertz CT molecular complexity index is 1500. The van der Waals surface area contributed by atoms with Crippen molar-refractivity contribution in [3.8, 4) is 0 Å². The van der Waals surface area contributed by atoms with Gasteiger partial charge in [-0.05, 0) is 34.4 Å². The largest absolute Gasteiger partial charge is 0.478 e. The van der Waals surface area contributed by atoms with Crippen LogP contribution in [-0.4, -0.2) is 34.1 Å². The third kappa shape index (κ3) is 8.46. The summed E-state index contributed by atoms with van der Waals surface area (Å²) in [5.74, 6) is -0.408. The van der Waals surface area contributed by atoms with Gasteiger partial charge in [-0.2, -0.15) is 0 Å². The van der Waals surface area contributed by atoms with Crippen LogP contribution in [0.1, 0.15) is 57.0 Å². The number of nitrogens with one attached hydrogen (secondary N) is 2. The molecule has 1 fully saturated rings. The molecule has 2 amide bonds. The number of hydrogen-bond acceptors (Lipinski definition) is 6. The third-order valence-electron chi connectivity index (χ3n) is 7.16. The van der Waals surface area contributed by atoms with Gasteiger partial charge < -0.3 is 30.3 Å². The van der Waals surface area contributed by atoms with Crippen LogP contribution in [-0.2, 0) is 29.2 Å². The van der Waals surface area contributed by atoms with E-state index in [-0.39, 0.29) is 30.4 Å². The van der Waals surface area contributed by atoms with Crippen molar-refractivity contribution >= 4 is 23.8 Å². The second-order valence-electron chi connectivity index (χ2n) is 10.2. The van der Waals surface area contributed by atoms with Crippen LogP contribution >= 0.6 is 11.8 Å². The predicted molar refractivity (Wildman–Crippen MR) is 165 cm³/mol. The number of aromatic carboxylic acids is 1. The molecule has 4 aromatic carbocycles. The van der Waals surface area contributed by atoms with Gasteiger partial charge in [0.2, 0.25) is 0 Å². The minimum atomic E-state index is -0.959. The Morgan fingerprint density at radius 3 is 2.02 bits per heavy atom. The molecule has 0 radical (unpaired) electrons. The number of carboxylic acid groups (broad SMARTS) is 1.